The number of unbranched alkanes of at least 4 members (excludes halogenated alkanes) is 4. The molecule has 14 heteroatoms. The van der Waals surface area contributed by atoms with E-state index in [0.29, 0.717) is 49.1 Å². The van der Waals surface area contributed by atoms with Crippen LogP contribution >= 0.6 is 27.3 Å². The first kappa shape index (κ1) is 41.1. The molecule has 5 aromatic rings. The van der Waals surface area contributed by atoms with Gasteiger partial charge in [0.2, 0.25) is 11.8 Å². The summed E-state index contributed by atoms with van der Waals surface area (Å²) in [5.41, 5.74) is 4.67. The fourth-order valence-electron chi connectivity index (χ4n) is 7.37. The van der Waals surface area contributed by atoms with Gasteiger partial charge in [0.25, 0.3) is 5.91 Å². The van der Waals surface area contributed by atoms with Crippen molar-refractivity contribution in [3.63, 3.8) is 0 Å². The lowest BCUT2D eigenvalue weighted by Gasteiger charge is -2.29. The summed E-state index contributed by atoms with van der Waals surface area (Å²) in [5, 5.41) is 12.2. The van der Waals surface area contributed by atoms with Crippen molar-refractivity contribution in [2.75, 3.05) is 25.6 Å². The number of methoxy groups -OCH3 is 1. The van der Waals surface area contributed by atoms with Crippen LogP contribution < -0.4 is 30.2 Å². The molecule has 58 heavy (non-hydrogen) atoms. The molecule has 2 aromatic heterocycles. The molecule has 2 aliphatic heterocycles. The fourth-order valence-corrected chi connectivity index (χ4v) is 8.74. The Morgan fingerprint density at radius 1 is 0.983 bits per heavy atom. The number of aryl methyl sites for hydroxylation is 1. The summed E-state index contributed by atoms with van der Waals surface area (Å²) in [4.78, 5) is 48.9. The Hall–Kier alpha value is -5.05. The number of ether oxygens (including phenoxy) is 3. The number of amides is 3. The van der Waals surface area contributed by atoms with Crippen molar-refractivity contribution in [1.82, 2.24) is 25.5 Å². The Balaban J connectivity index is 0.782. The third kappa shape index (κ3) is 9.96. The Kier molecular flexibility index (Phi) is 13.6. The number of benzene rings is 3. The second-order valence-corrected chi connectivity index (χ2v) is 16.6. The first-order chi connectivity index (χ1) is 28.2. The molecule has 0 spiro atoms. The molecule has 2 unspecified atom stereocenters. The molecule has 2 atom stereocenters. The van der Waals surface area contributed by atoms with Gasteiger partial charge in [0.05, 0.1) is 30.8 Å². The van der Waals surface area contributed by atoms with Crippen LogP contribution in [-0.2, 0) is 29.3 Å². The number of nitrogens with zero attached hydrogens (tertiary/aromatic N) is 3. The molecular weight excluding hydrogens is 820 g/mol. The molecule has 3 aromatic carbocycles. The number of thiophene rings is 1. The number of fused-ring (bicyclic) bond motifs is 2. The van der Waals surface area contributed by atoms with Crippen LogP contribution in [0.1, 0.15) is 95.7 Å². The van der Waals surface area contributed by atoms with Gasteiger partial charge in [-0.25, -0.2) is 9.97 Å². The van der Waals surface area contributed by atoms with Gasteiger partial charge in [0.15, 0.2) is 11.5 Å². The van der Waals surface area contributed by atoms with Gasteiger partial charge in [0, 0.05) is 51.3 Å². The normalized spacial score (nSPS) is 15.7. The number of imide groups is 1. The average molecular weight is 870 g/mol. The number of hydrogen-bond acceptors (Lipinski definition) is 11. The highest BCUT2D eigenvalue weighted by Gasteiger charge is 2.40. The predicted octanol–water partition coefficient (Wildman–Crippen LogP) is 8.40. The lowest BCUT2D eigenvalue weighted by Crippen LogP contribution is -2.52. The topological polar surface area (TPSA) is 144 Å². The molecule has 3 amide bonds. The molecule has 1 saturated heterocycles. The zero-order chi connectivity index (χ0) is 40.6. The van der Waals surface area contributed by atoms with Crippen molar-refractivity contribution in [1.29, 1.82) is 0 Å². The van der Waals surface area contributed by atoms with E-state index >= 15 is 0 Å². The first-order valence-corrected chi connectivity index (χ1v) is 21.5. The number of anilines is 1. The van der Waals surface area contributed by atoms with E-state index in [9.17, 15) is 14.4 Å². The summed E-state index contributed by atoms with van der Waals surface area (Å²) >= 11 is 5.07. The molecular formula is C44H49BrN6O6S. The summed E-state index contributed by atoms with van der Waals surface area (Å²) in [5.74, 6) is 2.70. The largest absolute Gasteiger partial charge is 0.493 e. The smallest absolute Gasteiger partial charge is 0.256 e. The summed E-state index contributed by atoms with van der Waals surface area (Å²) in [6.45, 7) is 7.05. The lowest BCUT2D eigenvalue weighted by molar-refractivity contribution is -0.136. The number of carbonyl (C=O) groups excluding carboxylic acids is 3. The van der Waals surface area contributed by atoms with Crippen molar-refractivity contribution in [3.05, 3.63) is 103 Å². The van der Waals surface area contributed by atoms with Gasteiger partial charge in [-0.2, -0.15) is 0 Å². The van der Waals surface area contributed by atoms with Crippen LogP contribution in [0.4, 0.5) is 5.82 Å². The summed E-state index contributed by atoms with van der Waals surface area (Å²) in [7, 11) is 1.66. The summed E-state index contributed by atoms with van der Waals surface area (Å²) in [6, 6.07) is 19.6. The molecule has 0 saturated carbocycles. The lowest BCUT2D eigenvalue weighted by atomic mass is 10.0. The van der Waals surface area contributed by atoms with Crippen molar-refractivity contribution in [3.8, 4) is 17.2 Å². The molecule has 0 radical (unpaired) electrons. The zero-order valence-electron chi connectivity index (χ0n) is 33.1. The molecule has 0 aliphatic carbocycles. The second kappa shape index (κ2) is 19.1. The zero-order valence-corrected chi connectivity index (χ0v) is 35.5. The second-order valence-electron chi connectivity index (χ2n) is 14.7. The molecule has 0 bridgehead atoms. The minimum atomic E-state index is -0.617. The van der Waals surface area contributed by atoms with E-state index in [4.69, 9.17) is 24.2 Å². The van der Waals surface area contributed by atoms with Crippen LogP contribution in [0.15, 0.2) is 70.5 Å². The molecule has 4 heterocycles. The van der Waals surface area contributed by atoms with Gasteiger partial charge < -0.3 is 29.7 Å². The predicted molar refractivity (Wildman–Crippen MR) is 228 cm³/mol. The summed E-state index contributed by atoms with van der Waals surface area (Å²) in [6.07, 6.45) is 6.02. The van der Waals surface area contributed by atoms with Gasteiger partial charge in [-0.15, -0.1) is 11.3 Å². The molecule has 12 nitrogen and oxygen atoms in total. The monoisotopic (exact) mass is 868 g/mol. The van der Waals surface area contributed by atoms with Gasteiger partial charge in [-0.05, 0) is 81.1 Å². The molecule has 7 rings (SSSR count). The number of nitrogens with one attached hydrogen (secondary N) is 3. The van der Waals surface area contributed by atoms with E-state index in [0.717, 1.165) is 88.1 Å². The molecule has 3 N–H and O–H groups in total. The van der Waals surface area contributed by atoms with Crippen LogP contribution in [-0.4, -0.2) is 58.9 Å². The van der Waals surface area contributed by atoms with Crippen molar-refractivity contribution in [2.45, 2.75) is 90.6 Å². The Morgan fingerprint density at radius 2 is 1.79 bits per heavy atom. The van der Waals surface area contributed by atoms with E-state index in [1.165, 1.54) is 16.9 Å². The van der Waals surface area contributed by atoms with E-state index in [2.05, 4.69) is 63.1 Å². The van der Waals surface area contributed by atoms with E-state index in [1.807, 2.05) is 48.7 Å². The van der Waals surface area contributed by atoms with Gasteiger partial charge >= 0.3 is 0 Å². The number of carbonyl (C=O) groups is 3. The maximum absolute atomic E-state index is 13.0. The Bertz CT molecular complexity index is 2270. The third-order valence-corrected chi connectivity index (χ3v) is 12.1. The number of aromatic nitrogens is 2. The van der Waals surface area contributed by atoms with Crippen LogP contribution in [0.3, 0.4) is 0 Å². The molecule has 304 valence electrons. The van der Waals surface area contributed by atoms with E-state index in [1.54, 1.807) is 12.0 Å². The maximum atomic E-state index is 13.0. The molecule has 1 fully saturated rings. The van der Waals surface area contributed by atoms with Gasteiger partial charge in [0.1, 0.15) is 30.0 Å². The van der Waals surface area contributed by atoms with Crippen molar-refractivity contribution >= 4 is 61.7 Å². The van der Waals surface area contributed by atoms with Gasteiger partial charge in [-0.1, -0.05) is 59.5 Å². The Morgan fingerprint density at radius 3 is 2.59 bits per heavy atom. The van der Waals surface area contributed by atoms with Crippen LogP contribution in [0.2, 0.25) is 0 Å². The van der Waals surface area contributed by atoms with Gasteiger partial charge in [-0.3, -0.25) is 19.7 Å². The highest BCUT2D eigenvalue weighted by molar-refractivity contribution is 9.10. The van der Waals surface area contributed by atoms with Crippen LogP contribution in [0, 0.1) is 6.92 Å². The van der Waals surface area contributed by atoms with Crippen molar-refractivity contribution in [2.24, 2.45) is 0 Å². The average Bonchev–Trinajstić information content (AvgIpc) is 3.76. The minimum absolute atomic E-state index is 0.0404. The van der Waals surface area contributed by atoms with E-state index < -0.39 is 11.9 Å². The SMILES string of the molecule is COc1cc2c(NC(C)c3cccc(Br)c3)nc(C)nc2cc1OCCCCCCCNCc1ccc(OCc2scc3c2CN(C2CCC(=O)NC2=O)C3=O)cc1. The van der Waals surface area contributed by atoms with Crippen molar-refractivity contribution < 1.29 is 28.6 Å². The highest BCUT2D eigenvalue weighted by Crippen LogP contribution is 2.37. The number of halogens is 1. The summed E-state index contributed by atoms with van der Waals surface area (Å²) < 4.78 is 19.0. The first-order valence-electron chi connectivity index (χ1n) is 19.8. The van der Waals surface area contributed by atoms with E-state index in [-0.39, 0.29) is 24.3 Å². The number of hydrogen-bond donors (Lipinski definition) is 3. The molecule has 2 aliphatic rings. The van der Waals surface area contributed by atoms with Crippen LogP contribution in [0.5, 0.6) is 17.2 Å². The highest BCUT2D eigenvalue weighted by atomic mass is 79.9. The van der Waals surface area contributed by atoms with Crippen LogP contribution in [0.25, 0.3) is 10.9 Å². The maximum Gasteiger partial charge on any atom is 0.256 e. The Labute approximate surface area is 351 Å². The number of rotatable bonds is 19. The standard InChI is InChI=1S/C44H49BrN6O6S/c1-27(30-10-9-11-31(45)20-30)47-42-33-21-38(55-3)39(22-36(33)48-28(2)49-42)56-19-8-6-4-5-7-18-46-23-29-12-14-32(15-13-29)57-25-40-34-24-51(44(54)35(34)26-58-40)37-16-17-41(52)50-43(37)53/h9-15,20-22,26-27,37,46H,4-8,16-19,23-25H2,1-3H3,(H,47,48,49)(H,50,52,53). The minimum Gasteiger partial charge on any atom is -0.493 e. The third-order valence-electron chi connectivity index (χ3n) is 10.6. The number of piperidine rings is 1. The fraction of sp³-hybridized carbons (Fsp3) is 0.386. The quantitative estimate of drug-likeness (QED) is 0.0547.